The molecule has 0 bridgehead atoms. The van der Waals surface area contributed by atoms with Crippen LogP contribution >= 0.6 is 0 Å². The molecule has 0 aliphatic rings. The second-order valence-electron chi connectivity index (χ2n) is 6.40. The second-order valence-corrected chi connectivity index (χ2v) is 6.40. The van der Waals surface area contributed by atoms with Crippen LogP contribution in [0.4, 0.5) is 5.69 Å². The monoisotopic (exact) mass is 301 g/mol. The van der Waals surface area contributed by atoms with Crippen LogP contribution in [0.25, 0.3) is 22.3 Å². The Hall–Kier alpha value is -2.54. The fourth-order valence-corrected chi connectivity index (χ4v) is 2.81. The zero-order chi connectivity index (χ0) is 16.4. The molecule has 0 heterocycles. The summed E-state index contributed by atoms with van der Waals surface area (Å²) >= 11 is 0. The van der Waals surface area contributed by atoms with Crippen molar-refractivity contribution in [3.63, 3.8) is 0 Å². The SMILES string of the molecule is Cc1ccc(-c2cc(C)cc(-c3ccc(N(C)C)cc3)c2)cc1. The Balaban J connectivity index is 2.01. The van der Waals surface area contributed by atoms with Gasteiger partial charge in [-0.2, -0.15) is 0 Å². The molecule has 0 saturated carbocycles. The third-order valence-electron chi connectivity index (χ3n) is 4.18. The molecule has 23 heavy (non-hydrogen) atoms. The first kappa shape index (κ1) is 15.4. The summed E-state index contributed by atoms with van der Waals surface area (Å²) in [7, 11) is 4.13. The zero-order valence-corrected chi connectivity index (χ0v) is 14.3. The van der Waals surface area contributed by atoms with Crippen LogP contribution in [0.1, 0.15) is 11.1 Å². The lowest BCUT2D eigenvalue weighted by molar-refractivity contribution is 1.13. The molecule has 1 heteroatoms. The molecule has 0 aromatic heterocycles. The summed E-state index contributed by atoms with van der Waals surface area (Å²) in [5, 5.41) is 0. The molecule has 3 rings (SSSR count). The van der Waals surface area contributed by atoms with Crippen LogP contribution in [0.15, 0.2) is 66.7 Å². The van der Waals surface area contributed by atoms with Gasteiger partial charge in [0.2, 0.25) is 0 Å². The van der Waals surface area contributed by atoms with Crippen molar-refractivity contribution in [2.24, 2.45) is 0 Å². The van der Waals surface area contributed by atoms with E-state index in [1.54, 1.807) is 0 Å². The highest BCUT2D eigenvalue weighted by Crippen LogP contribution is 2.29. The smallest absolute Gasteiger partial charge is 0.0361 e. The van der Waals surface area contributed by atoms with Crippen molar-refractivity contribution < 1.29 is 0 Å². The molecule has 116 valence electrons. The number of hydrogen-bond acceptors (Lipinski definition) is 1. The summed E-state index contributed by atoms with van der Waals surface area (Å²) in [6, 6.07) is 24.3. The van der Waals surface area contributed by atoms with E-state index < -0.39 is 0 Å². The first-order valence-electron chi connectivity index (χ1n) is 7.99. The van der Waals surface area contributed by atoms with Crippen molar-refractivity contribution in [1.29, 1.82) is 0 Å². The largest absolute Gasteiger partial charge is 0.378 e. The third kappa shape index (κ3) is 3.45. The normalized spacial score (nSPS) is 10.6. The van der Waals surface area contributed by atoms with Gasteiger partial charge in [0.05, 0.1) is 0 Å². The summed E-state index contributed by atoms with van der Waals surface area (Å²) in [6.07, 6.45) is 0. The molecule has 3 aromatic carbocycles. The molecule has 0 aliphatic carbocycles. The van der Waals surface area contributed by atoms with Crippen LogP contribution in [0.5, 0.6) is 0 Å². The van der Waals surface area contributed by atoms with Gasteiger partial charge >= 0.3 is 0 Å². The van der Waals surface area contributed by atoms with Gasteiger partial charge in [0.1, 0.15) is 0 Å². The molecule has 0 N–H and O–H groups in total. The minimum atomic E-state index is 1.22. The van der Waals surface area contributed by atoms with Crippen molar-refractivity contribution in [2.45, 2.75) is 13.8 Å². The maximum absolute atomic E-state index is 2.28. The van der Waals surface area contributed by atoms with E-state index in [9.17, 15) is 0 Å². The van der Waals surface area contributed by atoms with E-state index in [0.717, 1.165) is 0 Å². The first-order chi connectivity index (χ1) is 11.0. The molecule has 0 aliphatic heterocycles. The number of hydrogen-bond donors (Lipinski definition) is 0. The third-order valence-corrected chi connectivity index (χ3v) is 4.18. The van der Waals surface area contributed by atoms with Gasteiger partial charge < -0.3 is 4.90 Å². The molecule has 1 nitrogen and oxygen atoms in total. The van der Waals surface area contributed by atoms with E-state index in [2.05, 4.69) is 99.6 Å². The highest BCUT2D eigenvalue weighted by molar-refractivity contribution is 5.75. The van der Waals surface area contributed by atoms with E-state index in [1.807, 2.05) is 0 Å². The van der Waals surface area contributed by atoms with Crippen LogP contribution in [0, 0.1) is 13.8 Å². The number of anilines is 1. The number of nitrogens with zero attached hydrogens (tertiary/aromatic N) is 1. The van der Waals surface area contributed by atoms with Gasteiger partial charge in [-0.1, -0.05) is 54.1 Å². The van der Waals surface area contributed by atoms with Crippen LogP contribution in [0.3, 0.4) is 0 Å². The summed E-state index contributed by atoms with van der Waals surface area (Å²) in [5.74, 6) is 0. The summed E-state index contributed by atoms with van der Waals surface area (Å²) < 4.78 is 0. The predicted octanol–water partition coefficient (Wildman–Crippen LogP) is 5.70. The van der Waals surface area contributed by atoms with Crippen molar-refractivity contribution >= 4 is 5.69 Å². The first-order valence-corrected chi connectivity index (χ1v) is 7.99. The van der Waals surface area contributed by atoms with Gasteiger partial charge in [0.15, 0.2) is 0 Å². The maximum Gasteiger partial charge on any atom is 0.0361 e. The highest BCUT2D eigenvalue weighted by Gasteiger charge is 2.04. The Kier molecular flexibility index (Phi) is 4.20. The van der Waals surface area contributed by atoms with E-state index in [-0.39, 0.29) is 0 Å². The highest BCUT2D eigenvalue weighted by atomic mass is 15.1. The van der Waals surface area contributed by atoms with Crippen LogP contribution in [-0.4, -0.2) is 14.1 Å². The van der Waals surface area contributed by atoms with Crippen LogP contribution in [-0.2, 0) is 0 Å². The van der Waals surface area contributed by atoms with Gasteiger partial charge in [0.25, 0.3) is 0 Å². The quantitative estimate of drug-likeness (QED) is 0.599. The molecule has 0 amide bonds. The molecular formula is C22H23N. The Morgan fingerprint density at radius 2 is 1.00 bits per heavy atom. The lowest BCUT2D eigenvalue weighted by Gasteiger charge is -2.13. The lowest BCUT2D eigenvalue weighted by atomic mass is 9.96. The minimum Gasteiger partial charge on any atom is -0.378 e. The molecule has 0 fully saturated rings. The average molecular weight is 301 g/mol. The predicted molar refractivity (Wildman–Crippen MR) is 101 cm³/mol. The van der Waals surface area contributed by atoms with E-state index in [0.29, 0.717) is 0 Å². The number of aryl methyl sites for hydroxylation is 2. The van der Waals surface area contributed by atoms with Crippen molar-refractivity contribution in [3.8, 4) is 22.3 Å². The lowest BCUT2D eigenvalue weighted by Crippen LogP contribution is -2.07. The summed E-state index contributed by atoms with van der Waals surface area (Å²) in [6.45, 7) is 4.28. The van der Waals surface area contributed by atoms with E-state index >= 15 is 0 Å². The molecule has 0 spiro atoms. The topological polar surface area (TPSA) is 3.24 Å². The van der Waals surface area contributed by atoms with Gasteiger partial charge in [-0.3, -0.25) is 0 Å². The molecular weight excluding hydrogens is 278 g/mol. The summed E-state index contributed by atoms with van der Waals surface area (Å²) in [5.41, 5.74) is 8.87. The molecule has 0 radical (unpaired) electrons. The second kappa shape index (κ2) is 6.29. The summed E-state index contributed by atoms with van der Waals surface area (Å²) in [4.78, 5) is 2.12. The van der Waals surface area contributed by atoms with Gasteiger partial charge in [-0.05, 0) is 59.9 Å². The maximum atomic E-state index is 2.28. The van der Waals surface area contributed by atoms with Crippen molar-refractivity contribution in [3.05, 3.63) is 77.9 Å². The number of rotatable bonds is 3. The average Bonchev–Trinajstić information content (AvgIpc) is 2.55. The molecule has 0 atom stereocenters. The number of benzene rings is 3. The van der Waals surface area contributed by atoms with Gasteiger partial charge in [-0.25, -0.2) is 0 Å². The van der Waals surface area contributed by atoms with Crippen molar-refractivity contribution in [2.75, 3.05) is 19.0 Å². The Labute approximate surface area is 139 Å². The fourth-order valence-electron chi connectivity index (χ4n) is 2.81. The van der Waals surface area contributed by atoms with Gasteiger partial charge in [0, 0.05) is 19.8 Å². The Morgan fingerprint density at radius 3 is 1.48 bits per heavy atom. The standard InChI is InChI=1S/C22H23N/c1-16-5-7-18(8-6-16)20-13-17(2)14-21(15-20)19-9-11-22(12-10-19)23(3)4/h5-15H,1-4H3. The minimum absolute atomic E-state index is 1.22. The van der Waals surface area contributed by atoms with Crippen LogP contribution in [0.2, 0.25) is 0 Å². The van der Waals surface area contributed by atoms with Crippen LogP contribution < -0.4 is 4.90 Å². The van der Waals surface area contributed by atoms with E-state index in [4.69, 9.17) is 0 Å². The fraction of sp³-hybridized carbons (Fsp3) is 0.182. The molecule has 0 unspecified atom stereocenters. The Morgan fingerprint density at radius 1 is 0.522 bits per heavy atom. The zero-order valence-electron chi connectivity index (χ0n) is 14.3. The van der Waals surface area contributed by atoms with Crippen molar-refractivity contribution in [1.82, 2.24) is 0 Å². The van der Waals surface area contributed by atoms with Gasteiger partial charge in [-0.15, -0.1) is 0 Å². The van der Waals surface area contributed by atoms with E-state index in [1.165, 1.54) is 39.1 Å². The molecule has 0 saturated heterocycles. The molecule has 3 aromatic rings. The Bertz CT molecular complexity index is 796.